The van der Waals surface area contributed by atoms with Gasteiger partial charge in [-0.25, -0.2) is 9.67 Å². The molecule has 0 amide bonds. The SMILES string of the molecule is c1ccc(Cc2cn(C3CCN(Cc4nccs4)CC3)nn2)cc1. The molecule has 0 radical (unpaired) electrons. The average Bonchev–Trinajstić information content (AvgIpc) is 3.29. The second-order valence-corrected chi connectivity index (χ2v) is 7.26. The Labute approximate surface area is 146 Å². The van der Waals surface area contributed by atoms with Crippen molar-refractivity contribution in [1.82, 2.24) is 24.9 Å². The largest absolute Gasteiger partial charge is 0.297 e. The van der Waals surface area contributed by atoms with Gasteiger partial charge in [0.25, 0.3) is 0 Å². The summed E-state index contributed by atoms with van der Waals surface area (Å²) in [5, 5.41) is 12.0. The molecule has 1 aliphatic rings. The van der Waals surface area contributed by atoms with E-state index in [1.807, 2.05) is 17.6 Å². The number of piperidine rings is 1. The van der Waals surface area contributed by atoms with Gasteiger partial charge in [0.1, 0.15) is 5.01 Å². The molecule has 5 nitrogen and oxygen atoms in total. The molecule has 0 spiro atoms. The summed E-state index contributed by atoms with van der Waals surface area (Å²) >= 11 is 1.74. The molecule has 0 saturated carbocycles. The zero-order chi connectivity index (χ0) is 16.2. The molecule has 4 rings (SSSR count). The van der Waals surface area contributed by atoms with E-state index in [9.17, 15) is 0 Å². The maximum Gasteiger partial charge on any atom is 0.107 e. The molecule has 124 valence electrons. The number of nitrogens with zero attached hydrogens (tertiary/aromatic N) is 5. The summed E-state index contributed by atoms with van der Waals surface area (Å²) in [5.74, 6) is 0. The standard InChI is InChI=1S/C18H21N5S/c1-2-4-15(5-3-1)12-16-13-23(21-20-16)17-6-9-22(10-7-17)14-18-19-8-11-24-18/h1-5,8,11,13,17H,6-7,9-10,12,14H2. The van der Waals surface area contributed by atoms with Gasteiger partial charge >= 0.3 is 0 Å². The van der Waals surface area contributed by atoms with Crippen molar-refractivity contribution in [3.63, 3.8) is 0 Å². The Hall–Kier alpha value is -2.05. The van der Waals surface area contributed by atoms with Gasteiger partial charge in [0.2, 0.25) is 0 Å². The molecule has 2 aromatic heterocycles. The van der Waals surface area contributed by atoms with Crippen LogP contribution in [-0.4, -0.2) is 38.0 Å². The predicted molar refractivity (Wildman–Crippen MR) is 94.9 cm³/mol. The molecular weight excluding hydrogens is 318 g/mol. The lowest BCUT2D eigenvalue weighted by Gasteiger charge is -2.31. The van der Waals surface area contributed by atoms with Crippen molar-refractivity contribution in [3.05, 3.63) is 64.4 Å². The third kappa shape index (κ3) is 3.71. The van der Waals surface area contributed by atoms with Crippen molar-refractivity contribution >= 4 is 11.3 Å². The Balaban J connectivity index is 1.33. The highest BCUT2D eigenvalue weighted by Gasteiger charge is 2.22. The van der Waals surface area contributed by atoms with Crippen LogP contribution in [0, 0.1) is 0 Å². The van der Waals surface area contributed by atoms with Crippen LogP contribution in [0.3, 0.4) is 0 Å². The van der Waals surface area contributed by atoms with E-state index in [1.54, 1.807) is 11.3 Å². The van der Waals surface area contributed by atoms with Crippen molar-refractivity contribution < 1.29 is 0 Å². The van der Waals surface area contributed by atoms with Gasteiger partial charge in [-0.2, -0.15) is 0 Å². The number of hydrogen-bond acceptors (Lipinski definition) is 5. The van der Waals surface area contributed by atoms with E-state index in [-0.39, 0.29) is 0 Å². The molecule has 0 atom stereocenters. The zero-order valence-corrected chi connectivity index (χ0v) is 14.4. The lowest BCUT2D eigenvalue weighted by molar-refractivity contribution is 0.172. The van der Waals surface area contributed by atoms with Crippen LogP contribution in [0.15, 0.2) is 48.1 Å². The maximum absolute atomic E-state index is 4.38. The highest BCUT2D eigenvalue weighted by molar-refractivity contribution is 7.09. The Kier molecular flexibility index (Phi) is 4.66. The van der Waals surface area contributed by atoms with Crippen LogP contribution in [0.4, 0.5) is 0 Å². The number of hydrogen-bond donors (Lipinski definition) is 0. The van der Waals surface area contributed by atoms with Gasteiger partial charge in [-0.15, -0.1) is 16.4 Å². The molecule has 0 aliphatic carbocycles. The normalized spacial score (nSPS) is 16.5. The number of thiazole rings is 1. The summed E-state index contributed by atoms with van der Waals surface area (Å²) in [6.07, 6.45) is 7.10. The first-order chi connectivity index (χ1) is 11.9. The highest BCUT2D eigenvalue weighted by Crippen LogP contribution is 2.23. The Morgan fingerprint density at radius 3 is 2.71 bits per heavy atom. The van der Waals surface area contributed by atoms with Crippen LogP contribution in [0.2, 0.25) is 0 Å². The molecule has 3 aromatic rings. The monoisotopic (exact) mass is 339 g/mol. The number of aromatic nitrogens is 4. The third-order valence-corrected chi connectivity index (χ3v) is 5.32. The minimum absolute atomic E-state index is 0.467. The van der Waals surface area contributed by atoms with Gasteiger partial charge < -0.3 is 0 Å². The van der Waals surface area contributed by atoms with Gasteiger partial charge in [-0.3, -0.25) is 4.90 Å². The topological polar surface area (TPSA) is 46.8 Å². The van der Waals surface area contributed by atoms with Crippen LogP contribution in [-0.2, 0) is 13.0 Å². The fraction of sp³-hybridized carbons (Fsp3) is 0.389. The predicted octanol–water partition coefficient (Wildman–Crippen LogP) is 3.16. The van der Waals surface area contributed by atoms with E-state index in [1.165, 1.54) is 10.6 Å². The van der Waals surface area contributed by atoms with E-state index >= 15 is 0 Å². The second kappa shape index (κ2) is 7.23. The highest BCUT2D eigenvalue weighted by atomic mass is 32.1. The zero-order valence-electron chi connectivity index (χ0n) is 13.6. The third-order valence-electron chi connectivity index (χ3n) is 4.56. The minimum Gasteiger partial charge on any atom is -0.297 e. The quantitative estimate of drug-likeness (QED) is 0.716. The smallest absolute Gasteiger partial charge is 0.107 e. The molecule has 1 aliphatic heterocycles. The lowest BCUT2D eigenvalue weighted by Crippen LogP contribution is -2.34. The van der Waals surface area contributed by atoms with Crippen LogP contribution >= 0.6 is 11.3 Å². The molecule has 0 bridgehead atoms. The van der Waals surface area contributed by atoms with Gasteiger partial charge in [0, 0.05) is 37.3 Å². The molecular formula is C18H21N5S. The Morgan fingerprint density at radius 2 is 1.96 bits per heavy atom. The van der Waals surface area contributed by atoms with E-state index in [4.69, 9.17) is 0 Å². The number of likely N-dealkylation sites (tertiary alicyclic amines) is 1. The maximum atomic E-state index is 4.38. The van der Waals surface area contributed by atoms with Crippen LogP contribution in [0.5, 0.6) is 0 Å². The van der Waals surface area contributed by atoms with E-state index in [0.29, 0.717) is 6.04 Å². The van der Waals surface area contributed by atoms with Crippen molar-refractivity contribution in [2.24, 2.45) is 0 Å². The first-order valence-corrected chi connectivity index (χ1v) is 9.30. The van der Waals surface area contributed by atoms with Gasteiger partial charge in [-0.1, -0.05) is 35.5 Å². The first kappa shape index (κ1) is 15.5. The number of rotatable bonds is 5. The van der Waals surface area contributed by atoms with E-state index in [2.05, 4.69) is 55.3 Å². The summed E-state index contributed by atoms with van der Waals surface area (Å²) in [7, 11) is 0. The molecule has 3 heterocycles. The Morgan fingerprint density at radius 1 is 1.12 bits per heavy atom. The van der Waals surface area contributed by atoms with Gasteiger partial charge in [0.05, 0.1) is 18.3 Å². The van der Waals surface area contributed by atoms with Gasteiger partial charge in [0.15, 0.2) is 0 Å². The molecule has 24 heavy (non-hydrogen) atoms. The van der Waals surface area contributed by atoms with Crippen molar-refractivity contribution in [2.75, 3.05) is 13.1 Å². The summed E-state index contributed by atoms with van der Waals surface area (Å²) in [4.78, 5) is 6.86. The lowest BCUT2D eigenvalue weighted by atomic mass is 10.1. The average molecular weight is 339 g/mol. The van der Waals surface area contributed by atoms with Crippen molar-refractivity contribution in [1.29, 1.82) is 0 Å². The number of benzene rings is 1. The molecule has 1 saturated heterocycles. The molecule has 0 unspecified atom stereocenters. The molecule has 0 N–H and O–H groups in total. The van der Waals surface area contributed by atoms with Crippen molar-refractivity contribution in [2.45, 2.75) is 31.8 Å². The summed E-state index contributed by atoms with van der Waals surface area (Å²) in [6, 6.07) is 10.9. The van der Waals surface area contributed by atoms with Crippen LogP contribution < -0.4 is 0 Å². The Bertz CT molecular complexity index is 745. The summed E-state index contributed by atoms with van der Waals surface area (Å²) in [6.45, 7) is 3.16. The summed E-state index contributed by atoms with van der Waals surface area (Å²) < 4.78 is 2.07. The minimum atomic E-state index is 0.467. The van der Waals surface area contributed by atoms with Crippen LogP contribution in [0.1, 0.15) is 35.1 Å². The molecule has 1 aromatic carbocycles. The van der Waals surface area contributed by atoms with Crippen molar-refractivity contribution in [3.8, 4) is 0 Å². The van der Waals surface area contributed by atoms with Gasteiger partial charge in [-0.05, 0) is 18.4 Å². The van der Waals surface area contributed by atoms with E-state index < -0.39 is 0 Å². The second-order valence-electron chi connectivity index (χ2n) is 6.29. The fourth-order valence-corrected chi connectivity index (χ4v) is 3.90. The van der Waals surface area contributed by atoms with E-state index in [0.717, 1.165) is 44.6 Å². The summed E-state index contributed by atoms with van der Waals surface area (Å²) in [5.41, 5.74) is 2.33. The van der Waals surface area contributed by atoms with Crippen LogP contribution in [0.25, 0.3) is 0 Å². The fourth-order valence-electron chi connectivity index (χ4n) is 3.24. The first-order valence-electron chi connectivity index (χ1n) is 8.42. The molecule has 1 fully saturated rings. The molecule has 6 heteroatoms.